The molecule has 0 saturated carbocycles. The molecule has 1 aromatic heterocycles. The van der Waals surface area contributed by atoms with Crippen LogP contribution in [0, 0.1) is 0 Å². The van der Waals surface area contributed by atoms with Crippen LogP contribution in [0.4, 0.5) is 0 Å². The van der Waals surface area contributed by atoms with Crippen molar-refractivity contribution >= 4 is 11.8 Å². The zero-order valence-corrected chi connectivity index (χ0v) is 15.9. The maximum Gasteiger partial charge on any atom is 0.251 e. The highest BCUT2D eigenvalue weighted by Gasteiger charge is 2.21. The molecule has 3 N–H and O–H groups in total. The third kappa shape index (κ3) is 5.26. The van der Waals surface area contributed by atoms with Gasteiger partial charge in [-0.2, -0.15) is 0 Å². The molecule has 1 aliphatic rings. The van der Waals surface area contributed by atoms with E-state index in [-0.39, 0.29) is 24.4 Å². The molecule has 2 amide bonds. The lowest BCUT2D eigenvalue weighted by Gasteiger charge is -2.31. The summed E-state index contributed by atoms with van der Waals surface area (Å²) in [7, 11) is 0. The molecule has 0 bridgehead atoms. The summed E-state index contributed by atoms with van der Waals surface area (Å²) < 4.78 is 5.29. The second kappa shape index (κ2) is 9.27. The van der Waals surface area contributed by atoms with Crippen molar-refractivity contribution in [3.8, 4) is 17.1 Å². The van der Waals surface area contributed by atoms with Gasteiger partial charge in [0.15, 0.2) is 0 Å². The predicted molar refractivity (Wildman–Crippen MR) is 105 cm³/mol. The van der Waals surface area contributed by atoms with Gasteiger partial charge in [0.1, 0.15) is 0 Å². The summed E-state index contributed by atoms with van der Waals surface area (Å²) in [5.74, 6) is 0.0709. The standard InChI is InChI=1S/C20H25N5O3/c1-2-28-19-8-7-17(23-24-19)14-3-5-15(6-4-14)20(27)22-16-9-11-25(12-10-16)13-18(21)26/h3-8,16H,2,9-13H2,1H3,(H2,21,26)(H,22,27). The van der Waals surface area contributed by atoms with Crippen molar-refractivity contribution in [2.45, 2.75) is 25.8 Å². The number of primary amides is 1. The Bertz CT molecular complexity index is 800. The van der Waals surface area contributed by atoms with E-state index >= 15 is 0 Å². The highest BCUT2D eigenvalue weighted by molar-refractivity contribution is 5.94. The van der Waals surface area contributed by atoms with Crippen LogP contribution >= 0.6 is 0 Å². The second-order valence-corrected chi connectivity index (χ2v) is 6.76. The van der Waals surface area contributed by atoms with Gasteiger partial charge in [-0.25, -0.2) is 0 Å². The molecule has 0 aliphatic carbocycles. The van der Waals surface area contributed by atoms with Gasteiger partial charge in [-0.1, -0.05) is 12.1 Å². The molecule has 0 atom stereocenters. The summed E-state index contributed by atoms with van der Waals surface area (Å²) in [6.07, 6.45) is 1.61. The van der Waals surface area contributed by atoms with Crippen LogP contribution in [0.1, 0.15) is 30.1 Å². The van der Waals surface area contributed by atoms with Crippen molar-refractivity contribution in [3.63, 3.8) is 0 Å². The van der Waals surface area contributed by atoms with Crippen LogP contribution in [0.25, 0.3) is 11.3 Å². The molecule has 3 rings (SSSR count). The number of carbonyl (C=O) groups is 2. The van der Waals surface area contributed by atoms with E-state index in [1.807, 2.05) is 30.0 Å². The maximum absolute atomic E-state index is 12.5. The Morgan fingerprint density at radius 1 is 1.14 bits per heavy atom. The Morgan fingerprint density at radius 2 is 1.86 bits per heavy atom. The highest BCUT2D eigenvalue weighted by atomic mass is 16.5. The molecule has 0 spiro atoms. The van der Waals surface area contributed by atoms with Crippen LogP contribution in [-0.4, -0.2) is 59.2 Å². The van der Waals surface area contributed by atoms with Crippen LogP contribution in [0.3, 0.4) is 0 Å². The Balaban J connectivity index is 1.54. The Morgan fingerprint density at radius 3 is 2.43 bits per heavy atom. The van der Waals surface area contributed by atoms with E-state index < -0.39 is 0 Å². The van der Waals surface area contributed by atoms with Crippen molar-refractivity contribution in [3.05, 3.63) is 42.0 Å². The highest BCUT2D eigenvalue weighted by Crippen LogP contribution is 2.19. The number of aromatic nitrogens is 2. The summed E-state index contributed by atoms with van der Waals surface area (Å²) in [5.41, 5.74) is 7.43. The summed E-state index contributed by atoms with van der Waals surface area (Å²) in [6.45, 7) is 4.22. The third-order valence-electron chi connectivity index (χ3n) is 4.68. The molecule has 1 saturated heterocycles. The number of benzene rings is 1. The van der Waals surface area contributed by atoms with E-state index in [4.69, 9.17) is 10.5 Å². The van der Waals surface area contributed by atoms with E-state index in [1.165, 1.54) is 0 Å². The average Bonchev–Trinajstić information content (AvgIpc) is 2.70. The number of ether oxygens (including phenoxy) is 1. The lowest BCUT2D eigenvalue weighted by molar-refractivity contribution is -0.119. The largest absolute Gasteiger partial charge is 0.477 e. The second-order valence-electron chi connectivity index (χ2n) is 6.76. The smallest absolute Gasteiger partial charge is 0.251 e. The van der Waals surface area contributed by atoms with E-state index in [0.717, 1.165) is 37.2 Å². The van der Waals surface area contributed by atoms with Crippen LogP contribution in [0.15, 0.2) is 36.4 Å². The SMILES string of the molecule is CCOc1ccc(-c2ccc(C(=O)NC3CCN(CC(N)=O)CC3)cc2)nn1. The molecular formula is C20H25N5O3. The number of hydrogen-bond acceptors (Lipinski definition) is 6. The quantitative estimate of drug-likeness (QED) is 0.744. The first-order valence-electron chi connectivity index (χ1n) is 9.43. The van der Waals surface area contributed by atoms with Gasteiger partial charge in [-0.3, -0.25) is 14.5 Å². The molecule has 1 aliphatic heterocycles. The predicted octanol–water partition coefficient (Wildman–Crippen LogP) is 1.22. The van der Waals surface area contributed by atoms with Crippen molar-refractivity contribution in [2.24, 2.45) is 5.73 Å². The van der Waals surface area contributed by atoms with Crippen LogP contribution in [0.5, 0.6) is 5.88 Å². The number of likely N-dealkylation sites (tertiary alicyclic amines) is 1. The minimum atomic E-state index is -0.320. The van der Waals surface area contributed by atoms with Crippen molar-refractivity contribution < 1.29 is 14.3 Å². The topological polar surface area (TPSA) is 110 Å². The van der Waals surface area contributed by atoms with E-state index in [2.05, 4.69) is 15.5 Å². The molecule has 1 aromatic carbocycles. The number of rotatable bonds is 7. The van der Waals surface area contributed by atoms with Gasteiger partial charge in [0.05, 0.1) is 18.8 Å². The number of hydrogen-bond donors (Lipinski definition) is 2. The van der Waals surface area contributed by atoms with Gasteiger partial charge in [0.25, 0.3) is 5.91 Å². The summed E-state index contributed by atoms with van der Waals surface area (Å²) >= 11 is 0. The molecule has 2 aromatic rings. The van der Waals surface area contributed by atoms with Gasteiger partial charge >= 0.3 is 0 Å². The fourth-order valence-corrected chi connectivity index (χ4v) is 3.22. The molecule has 8 heteroatoms. The number of nitrogens with one attached hydrogen (secondary N) is 1. The first-order valence-corrected chi connectivity index (χ1v) is 9.43. The van der Waals surface area contributed by atoms with Crippen LogP contribution in [0.2, 0.25) is 0 Å². The summed E-state index contributed by atoms with van der Waals surface area (Å²) in [4.78, 5) is 25.5. The third-order valence-corrected chi connectivity index (χ3v) is 4.68. The van der Waals surface area contributed by atoms with Gasteiger partial charge < -0.3 is 15.8 Å². The number of piperidine rings is 1. The molecule has 2 heterocycles. The zero-order valence-electron chi connectivity index (χ0n) is 15.9. The molecule has 8 nitrogen and oxygen atoms in total. The van der Waals surface area contributed by atoms with Gasteiger partial charge in [0, 0.05) is 36.3 Å². The molecule has 148 valence electrons. The monoisotopic (exact) mass is 383 g/mol. The van der Waals surface area contributed by atoms with Crippen molar-refractivity contribution in [1.82, 2.24) is 20.4 Å². The zero-order chi connectivity index (χ0) is 19.9. The van der Waals surface area contributed by atoms with E-state index in [0.29, 0.717) is 18.1 Å². The molecule has 1 fully saturated rings. The Labute approximate surface area is 164 Å². The van der Waals surface area contributed by atoms with Crippen LogP contribution in [-0.2, 0) is 4.79 Å². The molecule has 0 unspecified atom stereocenters. The Hall–Kier alpha value is -3.00. The summed E-state index contributed by atoms with van der Waals surface area (Å²) in [5, 5.41) is 11.2. The van der Waals surface area contributed by atoms with Crippen molar-refractivity contribution in [1.29, 1.82) is 0 Å². The van der Waals surface area contributed by atoms with Crippen LogP contribution < -0.4 is 15.8 Å². The number of nitrogens with zero attached hydrogens (tertiary/aromatic N) is 3. The fraction of sp³-hybridized carbons (Fsp3) is 0.400. The number of nitrogens with two attached hydrogens (primary N) is 1. The number of amides is 2. The first-order chi connectivity index (χ1) is 13.5. The molecule has 0 radical (unpaired) electrons. The van der Waals surface area contributed by atoms with E-state index in [1.54, 1.807) is 18.2 Å². The van der Waals surface area contributed by atoms with Crippen molar-refractivity contribution in [2.75, 3.05) is 26.2 Å². The molecular weight excluding hydrogens is 358 g/mol. The maximum atomic E-state index is 12.5. The Kier molecular flexibility index (Phi) is 6.54. The van der Waals surface area contributed by atoms with E-state index in [9.17, 15) is 9.59 Å². The van der Waals surface area contributed by atoms with Gasteiger partial charge in [-0.15, -0.1) is 10.2 Å². The average molecular weight is 383 g/mol. The van der Waals surface area contributed by atoms with Gasteiger partial charge in [-0.05, 0) is 38.0 Å². The minimum absolute atomic E-state index is 0.0994. The minimum Gasteiger partial charge on any atom is -0.477 e. The summed E-state index contributed by atoms with van der Waals surface area (Å²) in [6, 6.07) is 11.0. The molecule has 28 heavy (non-hydrogen) atoms. The number of carbonyl (C=O) groups excluding carboxylic acids is 2. The first kappa shape index (κ1) is 19.8. The normalized spacial score (nSPS) is 15.2. The lowest BCUT2D eigenvalue weighted by Crippen LogP contribution is -2.46. The fourth-order valence-electron chi connectivity index (χ4n) is 3.22. The lowest BCUT2D eigenvalue weighted by atomic mass is 10.0. The van der Waals surface area contributed by atoms with Gasteiger partial charge in [0.2, 0.25) is 11.8 Å².